The van der Waals surface area contributed by atoms with Gasteiger partial charge >= 0.3 is 0 Å². The van der Waals surface area contributed by atoms with Crippen LogP contribution in [0.4, 0.5) is 4.39 Å². The van der Waals surface area contributed by atoms with E-state index in [9.17, 15) is 0 Å². The fourth-order valence-electron chi connectivity index (χ4n) is 6.91. The highest BCUT2D eigenvalue weighted by atomic mass is 28.4. The molecule has 0 spiro atoms. The van der Waals surface area contributed by atoms with Crippen LogP contribution < -0.4 is 9.47 Å². The van der Waals surface area contributed by atoms with Crippen molar-refractivity contribution in [1.29, 1.82) is 0 Å². The lowest BCUT2D eigenvalue weighted by atomic mass is 10.0. The van der Waals surface area contributed by atoms with E-state index in [1.54, 1.807) is 16.9 Å². The van der Waals surface area contributed by atoms with E-state index in [0.717, 1.165) is 42.5 Å². The molecule has 1 aromatic carbocycles. The van der Waals surface area contributed by atoms with Crippen LogP contribution in [0.1, 0.15) is 97.8 Å². The van der Waals surface area contributed by atoms with Crippen molar-refractivity contribution in [3.8, 4) is 22.9 Å². The third-order valence-corrected chi connectivity index (χ3v) is 15.2. The molecule has 13 heteroatoms. The number of aromatic nitrogens is 6. The Morgan fingerprint density at radius 3 is 2.52 bits per heavy atom. The number of nitrogens with zero attached hydrogens (tertiary/aromatic N) is 7. The summed E-state index contributed by atoms with van der Waals surface area (Å²) in [5.41, 5.74) is 4.31. The smallest absolute Gasteiger partial charge is 0.240 e. The van der Waals surface area contributed by atoms with E-state index in [1.807, 2.05) is 44.6 Å². The second-order valence-electron chi connectivity index (χ2n) is 16.3. The monoisotopic (exact) mass is 735 g/mol. The molecule has 5 heterocycles. The Bertz CT molecular complexity index is 1900. The maximum atomic E-state index is 16.2. The van der Waals surface area contributed by atoms with Crippen molar-refractivity contribution in [1.82, 2.24) is 34.2 Å². The molecule has 284 valence electrons. The molecule has 0 N–H and O–H groups in total. The fourth-order valence-corrected chi connectivity index (χ4v) is 8.35. The predicted octanol–water partition coefficient (Wildman–Crippen LogP) is 8.44. The van der Waals surface area contributed by atoms with Gasteiger partial charge in [-0.1, -0.05) is 27.7 Å². The van der Waals surface area contributed by atoms with Gasteiger partial charge in [0.2, 0.25) is 11.8 Å². The molecule has 2 aliphatic rings. The SMILES string of the molecule is CCN1Cc2c(c(OC(C)C)nn2C[C@H](C)O[Si](C)(C)C(C)(C)C)/C=C/c2nn(C3CCCCO3)c3cc(F)c(cc23)-c2cnn(C)c2O[C@@H](C)C1. The van der Waals surface area contributed by atoms with E-state index in [4.69, 9.17) is 28.8 Å². The van der Waals surface area contributed by atoms with E-state index in [2.05, 4.69) is 68.5 Å². The van der Waals surface area contributed by atoms with Gasteiger partial charge in [-0.3, -0.25) is 9.58 Å². The van der Waals surface area contributed by atoms with Crippen LogP contribution in [0.2, 0.25) is 18.1 Å². The van der Waals surface area contributed by atoms with Crippen molar-refractivity contribution in [2.24, 2.45) is 7.05 Å². The van der Waals surface area contributed by atoms with Crippen molar-refractivity contribution in [3.05, 3.63) is 41.1 Å². The first-order valence-corrected chi connectivity index (χ1v) is 21.8. The Kier molecular flexibility index (Phi) is 11.1. The van der Waals surface area contributed by atoms with E-state index < -0.39 is 8.32 Å². The number of benzene rings is 1. The molecule has 0 aliphatic carbocycles. The summed E-state index contributed by atoms with van der Waals surface area (Å²) in [6.45, 7) is 25.0. The zero-order chi connectivity index (χ0) is 37.5. The van der Waals surface area contributed by atoms with Crippen LogP contribution in [-0.2, 0) is 29.3 Å². The Morgan fingerprint density at radius 1 is 1.08 bits per heavy atom. The summed E-state index contributed by atoms with van der Waals surface area (Å²) in [5.74, 6) is 0.719. The van der Waals surface area contributed by atoms with Crippen LogP contribution in [0.15, 0.2) is 18.3 Å². The highest BCUT2D eigenvalue weighted by molar-refractivity contribution is 6.74. The standard InChI is InChI=1S/C39H58FN7O4Si/c1-12-45-22-26(4)50-38-31(21-41-44(38)9)29-19-30-33(42-47(34(30)20-32(29)40)36-15-13-14-18-48-36)17-16-28-35(24-45)46(43-37(28)49-25(2)3)23-27(5)51-52(10,11)39(6,7)8/h16-17,19-21,25-27,36H,12-15,18,22-24H2,1-11H3/b17-16+/t26-,27-,36?/m0/s1. The van der Waals surface area contributed by atoms with Gasteiger partial charge in [-0.15, -0.1) is 5.10 Å². The predicted molar refractivity (Wildman–Crippen MR) is 206 cm³/mol. The summed E-state index contributed by atoms with van der Waals surface area (Å²) >= 11 is 0. The highest BCUT2D eigenvalue weighted by Crippen LogP contribution is 2.39. The molecule has 4 aromatic rings. The number of ether oxygens (including phenoxy) is 3. The van der Waals surface area contributed by atoms with Gasteiger partial charge in [0.25, 0.3) is 0 Å². The van der Waals surface area contributed by atoms with Gasteiger partial charge in [0.05, 0.1) is 53.0 Å². The molecule has 0 amide bonds. The Balaban J connectivity index is 1.54. The minimum absolute atomic E-state index is 0.0681. The van der Waals surface area contributed by atoms with E-state index in [1.165, 1.54) is 0 Å². The number of hydrogen-bond acceptors (Lipinski definition) is 8. The minimum Gasteiger partial charge on any atom is -0.473 e. The number of likely N-dealkylation sites (N-methyl/N-ethyl adjacent to an activating group) is 1. The van der Waals surface area contributed by atoms with Gasteiger partial charge in [0.1, 0.15) is 11.9 Å². The third-order valence-electron chi connectivity index (χ3n) is 10.6. The molecule has 1 unspecified atom stereocenters. The van der Waals surface area contributed by atoms with Gasteiger partial charge in [0, 0.05) is 43.8 Å². The van der Waals surface area contributed by atoms with Crippen molar-refractivity contribution in [2.45, 2.75) is 130 Å². The van der Waals surface area contributed by atoms with Crippen molar-refractivity contribution in [2.75, 3.05) is 19.7 Å². The van der Waals surface area contributed by atoms with Crippen LogP contribution >= 0.6 is 0 Å². The minimum atomic E-state index is -2.03. The summed E-state index contributed by atoms with van der Waals surface area (Å²) in [7, 11) is -0.207. The Hall–Kier alpha value is -3.52. The average Bonchev–Trinajstić information content (AvgIpc) is 3.70. The van der Waals surface area contributed by atoms with Gasteiger partial charge in [0.15, 0.2) is 14.5 Å². The summed E-state index contributed by atoms with van der Waals surface area (Å²) in [6.07, 6.45) is 7.94. The summed E-state index contributed by atoms with van der Waals surface area (Å²) < 4.78 is 47.8. The van der Waals surface area contributed by atoms with Gasteiger partial charge in [-0.2, -0.15) is 10.2 Å². The van der Waals surface area contributed by atoms with E-state index >= 15 is 4.39 Å². The molecule has 1 fully saturated rings. The largest absolute Gasteiger partial charge is 0.473 e. The first kappa shape index (κ1) is 38.2. The lowest BCUT2D eigenvalue weighted by molar-refractivity contribution is -0.0367. The van der Waals surface area contributed by atoms with Crippen LogP contribution in [0.5, 0.6) is 11.8 Å². The number of hydrogen-bond donors (Lipinski definition) is 0. The molecule has 52 heavy (non-hydrogen) atoms. The molecule has 3 atom stereocenters. The molecule has 3 aromatic heterocycles. The van der Waals surface area contributed by atoms with E-state index in [0.29, 0.717) is 60.3 Å². The third kappa shape index (κ3) is 7.88. The molecule has 6 rings (SSSR count). The molecular formula is C39H58FN7O4Si. The summed E-state index contributed by atoms with van der Waals surface area (Å²) in [6, 6.07) is 3.45. The second kappa shape index (κ2) is 15.1. The molecular weight excluding hydrogens is 678 g/mol. The van der Waals surface area contributed by atoms with Crippen molar-refractivity contribution >= 4 is 31.4 Å². The van der Waals surface area contributed by atoms with Crippen LogP contribution in [0, 0.1) is 5.82 Å². The number of fused-ring (bicyclic) bond motifs is 4. The van der Waals surface area contributed by atoms with E-state index in [-0.39, 0.29) is 35.4 Å². The fraction of sp³-hybridized carbons (Fsp3) is 0.615. The normalized spacial score (nSPS) is 20.3. The molecule has 11 nitrogen and oxygen atoms in total. The second-order valence-corrected chi connectivity index (χ2v) is 21.0. The lowest BCUT2D eigenvalue weighted by Crippen LogP contribution is -2.44. The van der Waals surface area contributed by atoms with Crippen LogP contribution in [0.25, 0.3) is 34.2 Å². The molecule has 1 saturated heterocycles. The zero-order valence-electron chi connectivity index (χ0n) is 33.0. The number of rotatable bonds is 8. The van der Waals surface area contributed by atoms with Gasteiger partial charge in [-0.25, -0.2) is 13.8 Å². The van der Waals surface area contributed by atoms with Crippen LogP contribution in [-0.4, -0.2) is 80.6 Å². The maximum absolute atomic E-state index is 16.2. The zero-order valence-corrected chi connectivity index (χ0v) is 34.0. The number of halogens is 1. The van der Waals surface area contributed by atoms with Gasteiger partial charge < -0.3 is 18.6 Å². The van der Waals surface area contributed by atoms with Crippen LogP contribution in [0.3, 0.4) is 0 Å². The molecule has 2 bridgehead atoms. The molecule has 0 radical (unpaired) electrons. The van der Waals surface area contributed by atoms with Gasteiger partial charge in [-0.05, 0) is 89.9 Å². The molecule has 2 aliphatic heterocycles. The molecule has 0 saturated carbocycles. The topological polar surface area (TPSA) is 93.6 Å². The average molecular weight is 736 g/mol. The van der Waals surface area contributed by atoms with Crippen molar-refractivity contribution < 1.29 is 23.0 Å². The Labute approximate surface area is 309 Å². The number of aryl methyl sites for hydroxylation is 1. The lowest BCUT2D eigenvalue weighted by Gasteiger charge is -2.38. The first-order valence-electron chi connectivity index (χ1n) is 18.9. The highest BCUT2D eigenvalue weighted by Gasteiger charge is 2.39. The quantitative estimate of drug-likeness (QED) is 0.167. The summed E-state index contributed by atoms with van der Waals surface area (Å²) in [5, 5.41) is 15.6. The maximum Gasteiger partial charge on any atom is 0.240 e. The summed E-state index contributed by atoms with van der Waals surface area (Å²) in [4.78, 5) is 2.34. The Morgan fingerprint density at radius 2 is 1.85 bits per heavy atom. The van der Waals surface area contributed by atoms with Crippen molar-refractivity contribution in [3.63, 3.8) is 0 Å². The first-order chi connectivity index (χ1) is 24.6.